The molecule has 25 heavy (non-hydrogen) atoms. The predicted molar refractivity (Wildman–Crippen MR) is 110 cm³/mol. The van der Waals surface area contributed by atoms with Crippen LogP contribution in [0.2, 0.25) is 0 Å². The lowest BCUT2D eigenvalue weighted by Gasteiger charge is -2.06. The number of hydrogen-bond donors (Lipinski definition) is 1. The molecule has 0 aliphatic heterocycles. The SMILES string of the molecule is CCCCCCCCCCCCCCCCC(C)=C(C)C(=O)OC.N. The van der Waals surface area contributed by atoms with Crippen molar-refractivity contribution in [3.63, 3.8) is 0 Å². The molecular weight excluding hydrogens is 310 g/mol. The van der Waals surface area contributed by atoms with Gasteiger partial charge in [0.25, 0.3) is 0 Å². The molecule has 0 heterocycles. The second-order valence-electron chi connectivity index (χ2n) is 7.24. The lowest BCUT2D eigenvalue weighted by molar-refractivity contribution is -0.136. The molecule has 0 bridgehead atoms. The molecule has 0 aromatic heterocycles. The van der Waals surface area contributed by atoms with Crippen molar-refractivity contribution in [1.82, 2.24) is 6.15 Å². The number of carbonyl (C=O) groups excluding carboxylic acids is 1. The Morgan fingerprint density at radius 1 is 0.680 bits per heavy atom. The Hall–Kier alpha value is -0.830. The second-order valence-corrected chi connectivity index (χ2v) is 7.24. The Kier molecular flexibility index (Phi) is 20.6. The van der Waals surface area contributed by atoms with Crippen molar-refractivity contribution in [3.05, 3.63) is 11.1 Å². The van der Waals surface area contributed by atoms with Crippen molar-refractivity contribution in [2.45, 2.75) is 117 Å². The monoisotopic (exact) mass is 355 g/mol. The Balaban J connectivity index is 0. The van der Waals surface area contributed by atoms with Gasteiger partial charge in [-0.05, 0) is 26.7 Å². The normalized spacial score (nSPS) is 11.7. The fourth-order valence-electron chi connectivity index (χ4n) is 3.10. The van der Waals surface area contributed by atoms with Crippen LogP contribution in [0.1, 0.15) is 117 Å². The summed E-state index contributed by atoms with van der Waals surface area (Å²) in [5.74, 6) is -0.183. The van der Waals surface area contributed by atoms with Gasteiger partial charge in [-0.1, -0.05) is 96.0 Å². The zero-order valence-corrected chi connectivity index (χ0v) is 17.6. The molecule has 0 unspecified atom stereocenters. The van der Waals surface area contributed by atoms with E-state index in [0.29, 0.717) is 0 Å². The molecule has 0 atom stereocenters. The number of allylic oxidation sites excluding steroid dienone is 1. The summed E-state index contributed by atoms with van der Waals surface area (Å²) in [7, 11) is 1.45. The highest BCUT2D eigenvalue weighted by Crippen LogP contribution is 2.16. The van der Waals surface area contributed by atoms with Crippen molar-refractivity contribution >= 4 is 5.97 Å². The van der Waals surface area contributed by atoms with Crippen LogP contribution in [0, 0.1) is 0 Å². The Labute approximate surface area is 157 Å². The number of unbranched alkanes of at least 4 members (excludes halogenated alkanes) is 13. The first-order valence-corrected chi connectivity index (χ1v) is 10.4. The molecule has 0 aromatic rings. The number of esters is 1. The van der Waals surface area contributed by atoms with E-state index in [2.05, 4.69) is 13.8 Å². The van der Waals surface area contributed by atoms with Gasteiger partial charge in [-0.3, -0.25) is 0 Å². The van der Waals surface area contributed by atoms with Gasteiger partial charge < -0.3 is 10.9 Å². The van der Waals surface area contributed by atoms with Crippen molar-refractivity contribution in [2.75, 3.05) is 7.11 Å². The molecule has 3 N–H and O–H groups in total. The molecule has 0 rings (SSSR count). The lowest BCUT2D eigenvalue weighted by atomic mass is 10.0. The van der Waals surface area contributed by atoms with E-state index in [1.807, 2.05) is 6.92 Å². The molecule has 150 valence electrons. The molecule has 0 spiro atoms. The standard InChI is InChI=1S/C22H42O2.H3N/c1-5-6-7-8-9-10-11-12-13-14-15-16-17-18-19-20(2)21(3)22(23)24-4;/h5-19H2,1-4H3;1H3. The first-order valence-electron chi connectivity index (χ1n) is 10.4. The average Bonchev–Trinajstić information content (AvgIpc) is 2.60. The van der Waals surface area contributed by atoms with E-state index in [1.165, 1.54) is 103 Å². The summed E-state index contributed by atoms with van der Waals surface area (Å²) in [4.78, 5) is 11.4. The lowest BCUT2D eigenvalue weighted by Crippen LogP contribution is -2.03. The van der Waals surface area contributed by atoms with Crippen LogP contribution in [0.4, 0.5) is 0 Å². The van der Waals surface area contributed by atoms with Crippen LogP contribution in [0.5, 0.6) is 0 Å². The van der Waals surface area contributed by atoms with Gasteiger partial charge in [0.15, 0.2) is 0 Å². The second kappa shape index (κ2) is 19.5. The van der Waals surface area contributed by atoms with Crippen molar-refractivity contribution in [1.29, 1.82) is 0 Å². The number of methoxy groups -OCH3 is 1. The molecular formula is C22H45NO2. The zero-order valence-electron chi connectivity index (χ0n) is 17.6. The molecule has 0 aromatic carbocycles. The Morgan fingerprint density at radius 3 is 1.40 bits per heavy atom. The van der Waals surface area contributed by atoms with E-state index in [1.54, 1.807) is 0 Å². The van der Waals surface area contributed by atoms with E-state index >= 15 is 0 Å². The van der Waals surface area contributed by atoms with Gasteiger partial charge in [-0.25, -0.2) is 4.79 Å². The summed E-state index contributed by atoms with van der Waals surface area (Å²) in [6, 6.07) is 0. The molecule has 0 fully saturated rings. The fourth-order valence-corrected chi connectivity index (χ4v) is 3.10. The minimum Gasteiger partial charge on any atom is -0.466 e. The molecule has 3 heteroatoms. The molecule has 0 radical (unpaired) electrons. The Morgan fingerprint density at radius 2 is 1.04 bits per heavy atom. The molecule has 0 amide bonds. The highest BCUT2D eigenvalue weighted by atomic mass is 16.5. The van der Waals surface area contributed by atoms with Gasteiger partial charge in [0, 0.05) is 5.57 Å². The third-order valence-corrected chi connectivity index (χ3v) is 5.04. The van der Waals surface area contributed by atoms with E-state index in [9.17, 15) is 4.79 Å². The number of rotatable bonds is 16. The summed E-state index contributed by atoms with van der Waals surface area (Å²) < 4.78 is 4.76. The fraction of sp³-hybridized carbons (Fsp3) is 0.864. The predicted octanol–water partition coefficient (Wildman–Crippen LogP) is 7.53. The molecule has 0 saturated heterocycles. The minimum absolute atomic E-state index is 0. The van der Waals surface area contributed by atoms with Crippen LogP contribution in [0.15, 0.2) is 11.1 Å². The highest BCUT2D eigenvalue weighted by molar-refractivity contribution is 5.88. The van der Waals surface area contributed by atoms with E-state index in [0.717, 1.165) is 12.0 Å². The minimum atomic E-state index is -0.183. The summed E-state index contributed by atoms with van der Waals surface area (Å²) in [5.41, 5.74) is 1.97. The van der Waals surface area contributed by atoms with Crippen molar-refractivity contribution in [3.8, 4) is 0 Å². The van der Waals surface area contributed by atoms with E-state index in [4.69, 9.17) is 4.74 Å². The van der Waals surface area contributed by atoms with E-state index < -0.39 is 0 Å². The third kappa shape index (κ3) is 16.4. The molecule has 0 aliphatic rings. The Bertz CT molecular complexity index is 337. The first kappa shape index (κ1) is 26.4. The summed E-state index contributed by atoms with van der Waals surface area (Å²) >= 11 is 0. The average molecular weight is 356 g/mol. The van der Waals surface area contributed by atoms with Gasteiger partial charge in [0.2, 0.25) is 0 Å². The molecule has 3 nitrogen and oxygen atoms in total. The number of ether oxygens (including phenoxy) is 1. The first-order chi connectivity index (χ1) is 11.6. The zero-order chi connectivity index (χ0) is 18.0. The van der Waals surface area contributed by atoms with Crippen LogP contribution >= 0.6 is 0 Å². The number of hydrogen-bond acceptors (Lipinski definition) is 3. The van der Waals surface area contributed by atoms with Gasteiger partial charge in [0.05, 0.1) is 7.11 Å². The topological polar surface area (TPSA) is 61.3 Å². The quantitative estimate of drug-likeness (QED) is 0.177. The smallest absolute Gasteiger partial charge is 0.333 e. The van der Waals surface area contributed by atoms with E-state index in [-0.39, 0.29) is 12.1 Å². The van der Waals surface area contributed by atoms with Crippen LogP contribution in [0.3, 0.4) is 0 Å². The third-order valence-electron chi connectivity index (χ3n) is 5.04. The van der Waals surface area contributed by atoms with Crippen LogP contribution in [0.25, 0.3) is 0 Å². The van der Waals surface area contributed by atoms with Gasteiger partial charge in [0.1, 0.15) is 0 Å². The highest BCUT2D eigenvalue weighted by Gasteiger charge is 2.06. The van der Waals surface area contributed by atoms with Gasteiger partial charge in [-0.2, -0.15) is 0 Å². The van der Waals surface area contributed by atoms with Crippen LogP contribution in [-0.4, -0.2) is 13.1 Å². The maximum Gasteiger partial charge on any atom is 0.333 e. The largest absolute Gasteiger partial charge is 0.466 e. The summed E-state index contributed by atoms with van der Waals surface area (Å²) in [6.07, 6.45) is 20.4. The van der Waals surface area contributed by atoms with Crippen molar-refractivity contribution in [2.24, 2.45) is 0 Å². The van der Waals surface area contributed by atoms with Gasteiger partial charge >= 0.3 is 5.97 Å². The van der Waals surface area contributed by atoms with Crippen LogP contribution in [-0.2, 0) is 9.53 Å². The summed E-state index contributed by atoms with van der Waals surface area (Å²) in [5, 5.41) is 0. The van der Waals surface area contributed by atoms with Crippen LogP contribution < -0.4 is 6.15 Å². The van der Waals surface area contributed by atoms with Crippen molar-refractivity contribution < 1.29 is 9.53 Å². The molecule has 0 aliphatic carbocycles. The van der Waals surface area contributed by atoms with Gasteiger partial charge in [-0.15, -0.1) is 0 Å². The summed E-state index contributed by atoms with van der Waals surface area (Å²) in [6.45, 7) is 6.20. The maximum atomic E-state index is 11.4. The maximum absolute atomic E-state index is 11.4. The number of carbonyl (C=O) groups is 1. The molecule has 0 saturated carbocycles.